The number of carbonyl (C=O) groups is 1. The Morgan fingerprint density at radius 3 is 2.65 bits per heavy atom. The maximum Gasteiger partial charge on any atom is 0.270 e. The summed E-state index contributed by atoms with van der Waals surface area (Å²) in [4.78, 5) is 16.2. The van der Waals surface area contributed by atoms with Crippen LogP contribution in [0.1, 0.15) is 21.6 Å². The lowest BCUT2D eigenvalue weighted by Crippen LogP contribution is -2.24. The summed E-state index contributed by atoms with van der Waals surface area (Å²) in [7, 11) is 0. The van der Waals surface area contributed by atoms with Crippen molar-refractivity contribution in [2.24, 2.45) is 5.73 Å². The van der Waals surface area contributed by atoms with Gasteiger partial charge in [0.2, 0.25) is 0 Å². The van der Waals surface area contributed by atoms with Crippen molar-refractivity contribution in [3.05, 3.63) is 64.4 Å². The van der Waals surface area contributed by atoms with Crippen LogP contribution >= 0.6 is 23.8 Å². The number of carbonyl (C=O) groups excluding carboxylic acids is 1. The molecule has 0 unspecified atom stereocenters. The van der Waals surface area contributed by atoms with Crippen molar-refractivity contribution in [3.8, 4) is 0 Å². The maximum absolute atomic E-state index is 11.9. The van der Waals surface area contributed by atoms with Crippen LogP contribution in [0.25, 0.3) is 0 Å². The number of nitrogens with two attached hydrogens (primary N) is 1. The number of aromatic nitrogens is 1. The smallest absolute Gasteiger partial charge is 0.270 e. The number of hydrogen-bond acceptors (Lipinski definition) is 3. The van der Waals surface area contributed by atoms with Crippen molar-refractivity contribution in [1.29, 1.82) is 0 Å². The summed E-state index contributed by atoms with van der Waals surface area (Å²) < 4.78 is 0. The average molecular weight is 306 g/mol. The lowest BCUT2D eigenvalue weighted by atomic mass is 10.2. The monoisotopic (exact) mass is 305 g/mol. The minimum atomic E-state index is -0.278. The van der Waals surface area contributed by atoms with Crippen LogP contribution < -0.4 is 11.1 Å². The Bertz CT molecular complexity index is 643. The largest absolute Gasteiger partial charge is 0.389 e. The zero-order chi connectivity index (χ0) is 14.5. The second kappa shape index (κ2) is 6.45. The van der Waals surface area contributed by atoms with E-state index in [0.717, 1.165) is 5.56 Å². The van der Waals surface area contributed by atoms with E-state index in [4.69, 9.17) is 29.6 Å². The molecule has 1 heterocycles. The standard InChI is InChI=1S/C14H12ClN3OS/c15-11-4-2-1-3-9(11)7-18-14(19)12-6-5-10(8-17-12)13(16)20/h1-6,8H,7H2,(H2,16,20)(H,18,19). The fourth-order valence-electron chi connectivity index (χ4n) is 1.58. The van der Waals surface area contributed by atoms with Gasteiger partial charge in [-0.05, 0) is 23.8 Å². The second-order valence-electron chi connectivity index (χ2n) is 4.07. The summed E-state index contributed by atoms with van der Waals surface area (Å²) in [6.45, 7) is 0.344. The van der Waals surface area contributed by atoms with E-state index in [-0.39, 0.29) is 10.9 Å². The Kier molecular flexibility index (Phi) is 4.65. The van der Waals surface area contributed by atoms with Crippen LogP contribution in [-0.2, 0) is 6.54 Å². The molecule has 102 valence electrons. The number of thiocarbonyl (C=S) groups is 1. The highest BCUT2D eigenvalue weighted by Crippen LogP contribution is 2.14. The fourth-order valence-corrected chi connectivity index (χ4v) is 1.91. The molecule has 3 N–H and O–H groups in total. The number of nitrogens with zero attached hydrogens (tertiary/aromatic N) is 1. The zero-order valence-electron chi connectivity index (χ0n) is 10.5. The molecule has 0 aliphatic carbocycles. The first kappa shape index (κ1) is 14.4. The van der Waals surface area contributed by atoms with Gasteiger partial charge in [-0.2, -0.15) is 0 Å². The summed E-state index contributed by atoms with van der Waals surface area (Å²) in [5.74, 6) is -0.278. The Hall–Kier alpha value is -1.98. The van der Waals surface area contributed by atoms with Crippen LogP contribution in [0.2, 0.25) is 5.02 Å². The van der Waals surface area contributed by atoms with Crippen LogP contribution in [0.15, 0.2) is 42.6 Å². The normalized spacial score (nSPS) is 10.1. The van der Waals surface area contributed by atoms with Crippen molar-refractivity contribution >= 4 is 34.7 Å². The van der Waals surface area contributed by atoms with Crippen molar-refractivity contribution in [2.75, 3.05) is 0 Å². The molecule has 20 heavy (non-hydrogen) atoms. The van der Waals surface area contributed by atoms with Gasteiger partial charge < -0.3 is 11.1 Å². The minimum absolute atomic E-state index is 0.250. The topological polar surface area (TPSA) is 68.0 Å². The quantitative estimate of drug-likeness (QED) is 0.851. The summed E-state index contributed by atoms with van der Waals surface area (Å²) in [6, 6.07) is 10.6. The van der Waals surface area contributed by atoms with E-state index in [0.29, 0.717) is 22.8 Å². The summed E-state index contributed by atoms with van der Waals surface area (Å²) in [5, 5.41) is 3.37. The minimum Gasteiger partial charge on any atom is -0.389 e. The van der Waals surface area contributed by atoms with E-state index in [2.05, 4.69) is 10.3 Å². The lowest BCUT2D eigenvalue weighted by Gasteiger charge is -2.06. The Labute approximate surface area is 127 Å². The van der Waals surface area contributed by atoms with Crippen LogP contribution in [0.5, 0.6) is 0 Å². The van der Waals surface area contributed by atoms with Crippen LogP contribution in [0.4, 0.5) is 0 Å². The molecule has 1 aromatic carbocycles. The molecule has 0 saturated carbocycles. The molecule has 0 spiro atoms. The third kappa shape index (κ3) is 3.53. The molecule has 0 fully saturated rings. The van der Waals surface area contributed by atoms with Gasteiger partial charge in [0.05, 0.1) is 0 Å². The van der Waals surface area contributed by atoms with Crippen molar-refractivity contribution in [3.63, 3.8) is 0 Å². The van der Waals surface area contributed by atoms with Crippen molar-refractivity contribution in [2.45, 2.75) is 6.54 Å². The second-order valence-corrected chi connectivity index (χ2v) is 4.92. The summed E-state index contributed by atoms with van der Waals surface area (Å²) >= 11 is 10.8. The van der Waals surface area contributed by atoms with Crippen LogP contribution in [0, 0.1) is 0 Å². The van der Waals surface area contributed by atoms with E-state index in [1.54, 1.807) is 18.2 Å². The summed E-state index contributed by atoms with van der Waals surface area (Å²) in [5.41, 5.74) is 7.25. The predicted molar refractivity (Wildman–Crippen MR) is 82.7 cm³/mol. The first-order valence-corrected chi connectivity index (χ1v) is 6.64. The fraction of sp³-hybridized carbons (Fsp3) is 0.0714. The third-order valence-electron chi connectivity index (χ3n) is 2.68. The number of hydrogen-bond donors (Lipinski definition) is 2. The molecule has 0 radical (unpaired) electrons. The van der Waals surface area contributed by atoms with E-state index in [1.807, 2.05) is 18.2 Å². The first-order chi connectivity index (χ1) is 9.58. The lowest BCUT2D eigenvalue weighted by molar-refractivity contribution is 0.0946. The highest BCUT2D eigenvalue weighted by atomic mass is 35.5. The molecule has 0 bridgehead atoms. The number of benzene rings is 1. The molecular formula is C14H12ClN3OS. The third-order valence-corrected chi connectivity index (χ3v) is 3.28. The molecule has 0 aliphatic rings. The Balaban J connectivity index is 2.02. The van der Waals surface area contributed by atoms with Crippen molar-refractivity contribution in [1.82, 2.24) is 10.3 Å². The van der Waals surface area contributed by atoms with Crippen LogP contribution in [-0.4, -0.2) is 15.9 Å². The Morgan fingerprint density at radius 2 is 2.05 bits per heavy atom. The molecule has 1 aromatic heterocycles. The van der Waals surface area contributed by atoms with Crippen LogP contribution in [0.3, 0.4) is 0 Å². The number of pyridine rings is 1. The van der Waals surface area contributed by atoms with Gasteiger partial charge in [0.15, 0.2) is 0 Å². The molecule has 2 rings (SSSR count). The molecule has 1 amide bonds. The van der Waals surface area contributed by atoms with Gasteiger partial charge in [-0.1, -0.05) is 42.0 Å². The molecule has 0 aliphatic heterocycles. The van der Waals surface area contributed by atoms with Gasteiger partial charge in [-0.25, -0.2) is 0 Å². The Morgan fingerprint density at radius 1 is 1.30 bits per heavy atom. The first-order valence-electron chi connectivity index (χ1n) is 5.85. The van der Waals surface area contributed by atoms with Gasteiger partial charge in [0, 0.05) is 23.3 Å². The molecule has 4 nitrogen and oxygen atoms in total. The van der Waals surface area contributed by atoms with E-state index >= 15 is 0 Å². The molecule has 6 heteroatoms. The number of amides is 1. The molecule has 0 saturated heterocycles. The summed E-state index contributed by atoms with van der Waals surface area (Å²) in [6.07, 6.45) is 1.48. The van der Waals surface area contributed by atoms with E-state index in [1.165, 1.54) is 6.20 Å². The SMILES string of the molecule is NC(=S)c1ccc(C(=O)NCc2ccccc2Cl)nc1. The average Bonchev–Trinajstić information content (AvgIpc) is 2.46. The highest BCUT2D eigenvalue weighted by molar-refractivity contribution is 7.80. The molecule has 2 aromatic rings. The van der Waals surface area contributed by atoms with Crippen molar-refractivity contribution < 1.29 is 4.79 Å². The number of halogens is 1. The van der Waals surface area contributed by atoms with Gasteiger partial charge >= 0.3 is 0 Å². The molecular weight excluding hydrogens is 294 g/mol. The van der Waals surface area contributed by atoms with Gasteiger partial charge in [0.25, 0.3) is 5.91 Å². The zero-order valence-corrected chi connectivity index (χ0v) is 12.0. The predicted octanol–water partition coefficient (Wildman–Crippen LogP) is 2.30. The molecule has 0 atom stereocenters. The van der Waals surface area contributed by atoms with Gasteiger partial charge in [-0.3, -0.25) is 9.78 Å². The van der Waals surface area contributed by atoms with Gasteiger partial charge in [0.1, 0.15) is 10.7 Å². The van der Waals surface area contributed by atoms with E-state index < -0.39 is 0 Å². The maximum atomic E-state index is 11.9. The van der Waals surface area contributed by atoms with E-state index in [9.17, 15) is 4.79 Å². The number of rotatable bonds is 4. The highest BCUT2D eigenvalue weighted by Gasteiger charge is 2.08. The number of nitrogens with one attached hydrogen (secondary N) is 1. The van der Waals surface area contributed by atoms with Gasteiger partial charge in [-0.15, -0.1) is 0 Å².